The van der Waals surface area contributed by atoms with Gasteiger partial charge in [-0.2, -0.15) is 13.8 Å². The number of hydrogen-bond donors (Lipinski definition) is 2. The number of aliphatic hydroxyl groups excluding tert-OH is 1. The SMILES string of the molecule is Nc1ccn([C@@H]2O[C@H](COC(=O)CCCCCCCCCCCC=O)[C@@H](O)C2(F)F)c(=O)n1. The molecule has 11 heteroatoms. The summed E-state index contributed by atoms with van der Waals surface area (Å²) in [5.41, 5.74) is 4.32. The van der Waals surface area contributed by atoms with Gasteiger partial charge in [0.05, 0.1) is 0 Å². The third-order valence-electron chi connectivity index (χ3n) is 5.60. The van der Waals surface area contributed by atoms with E-state index in [9.17, 15) is 28.3 Å². The summed E-state index contributed by atoms with van der Waals surface area (Å²) in [6.45, 7) is -0.548. The van der Waals surface area contributed by atoms with Crippen molar-refractivity contribution >= 4 is 18.1 Å². The lowest BCUT2D eigenvalue weighted by Gasteiger charge is -2.20. The molecule has 1 aromatic heterocycles. The molecule has 3 atom stereocenters. The lowest BCUT2D eigenvalue weighted by molar-refractivity contribution is -0.150. The number of hydrogen-bond acceptors (Lipinski definition) is 8. The Labute approximate surface area is 191 Å². The molecular formula is C22H33F2N3O6. The topological polar surface area (TPSA) is 134 Å². The minimum atomic E-state index is -3.78. The van der Waals surface area contributed by atoms with Crippen molar-refractivity contribution in [2.45, 2.75) is 95.0 Å². The summed E-state index contributed by atoms with van der Waals surface area (Å²) >= 11 is 0. The van der Waals surface area contributed by atoms with Gasteiger partial charge in [0.1, 0.15) is 24.8 Å². The number of anilines is 1. The standard InChI is InChI=1S/C22H33F2N3O6/c23-22(24)19(30)16(33-20(22)27-13-12-17(25)26-21(27)31)15-32-18(29)11-9-7-5-3-1-2-4-6-8-10-14-28/h12-14,16,19-20,30H,1-11,15H2,(H2,25,26,31)/t16-,19-,20-/m1/s1. The number of halogens is 2. The molecule has 0 unspecified atom stereocenters. The van der Waals surface area contributed by atoms with Gasteiger partial charge in [0.2, 0.25) is 6.23 Å². The van der Waals surface area contributed by atoms with E-state index in [0.29, 0.717) is 17.4 Å². The molecule has 0 radical (unpaired) electrons. The Morgan fingerprint density at radius 1 is 1.18 bits per heavy atom. The Hall–Kier alpha value is -2.40. The van der Waals surface area contributed by atoms with E-state index < -0.39 is 42.6 Å². The molecule has 2 rings (SSSR count). The van der Waals surface area contributed by atoms with Crippen molar-refractivity contribution in [3.8, 4) is 0 Å². The number of carbonyl (C=O) groups excluding carboxylic acids is 2. The number of nitrogens with two attached hydrogens (primary N) is 1. The maximum atomic E-state index is 14.4. The van der Waals surface area contributed by atoms with Gasteiger partial charge in [-0.15, -0.1) is 0 Å². The van der Waals surface area contributed by atoms with Crippen LogP contribution in [0.4, 0.5) is 14.6 Å². The van der Waals surface area contributed by atoms with Crippen molar-refractivity contribution < 1.29 is 33.0 Å². The molecule has 0 bridgehead atoms. The van der Waals surface area contributed by atoms with Crippen LogP contribution in [0.5, 0.6) is 0 Å². The van der Waals surface area contributed by atoms with Gasteiger partial charge in [0.25, 0.3) is 0 Å². The number of rotatable bonds is 15. The zero-order valence-corrected chi connectivity index (χ0v) is 18.7. The zero-order chi connectivity index (χ0) is 24.3. The second-order valence-corrected chi connectivity index (χ2v) is 8.26. The van der Waals surface area contributed by atoms with E-state index in [1.54, 1.807) is 0 Å². The highest BCUT2D eigenvalue weighted by Gasteiger charge is 2.60. The van der Waals surface area contributed by atoms with Gasteiger partial charge < -0.3 is 25.1 Å². The summed E-state index contributed by atoms with van der Waals surface area (Å²) < 4.78 is 39.6. The Balaban J connectivity index is 1.64. The average Bonchev–Trinajstić information content (AvgIpc) is 2.99. The van der Waals surface area contributed by atoms with E-state index in [0.717, 1.165) is 69.9 Å². The molecule has 0 aromatic carbocycles. The lowest BCUT2D eigenvalue weighted by Crippen LogP contribution is -2.42. The van der Waals surface area contributed by atoms with Crippen LogP contribution in [-0.4, -0.2) is 51.7 Å². The smallest absolute Gasteiger partial charge is 0.351 e. The van der Waals surface area contributed by atoms with Gasteiger partial charge in [-0.25, -0.2) is 4.79 Å². The first kappa shape index (κ1) is 26.8. The quantitative estimate of drug-likeness (QED) is 0.226. The highest BCUT2D eigenvalue weighted by atomic mass is 19.3. The summed E-state index contributed by atoms with van der Waals surface area (Å²) in [4.78, 5) is 37.4. The van der Waals surface area contributed by atoms with E-state index in [-0.39, 0.29) is 12.2 Å². The summed E-state index contributed by atoms with van der Waals surface area (Å²) in [6, 6.07) is 1.16. The van der Waals surface area contributed by atoms with Crippen LogP contribution in [0.3, 0.4) is 0 Å². The highest BCUT2D eigenvalue weighted by molar-refractivity contribution is 5.69. The summed E-state index contributed by atoms with van der Waals surface area (Å²) in [6.07, 6.45) is 5.86. The molecule has 1 aliphatic rings. The number of nitrogens with zero attached hydrogens (tertiary/aromatic N) is 2. The Morgan fingerprint density at radius 3 is 2.39 bits per heavy atom. The highest BCUT2D eigenvalue weighted by Crippen LogP contribution is 2.42. The summed E-state index contributed by atoms with van der Waals surface area (Å²) in [5, 5.41) is 9.94. The predicted molar refractivity (Wildman–Crippen MR) is 116 cm³/mol. The Morgan fingerprint density at radius 2 is 1.79 bits per heavy atom. The fourth-order valence-corrected chi connectivity index (χ4v) is 3.69. The third-order valence-corrected chi connectivity index (χ3v) is 5.60. The first-order valence-electron chi connectivity index (χ1n) is 11.4. The van der Waals surface area contributed by atoms with E-state index in [1.807, 2.05) is 0 Å². The normalized spacial score (nSPS) is 21.7. The first-order chi connectivity index (χ1) is 15.8. The monoisotopic (exact) mass is 473 g/mol. The van der Waals surface area contributed by atoms with Crippen LogP contribution in [0.25, 0.3) is 0 Å². The van der Waals surface area contributed by atoms with E-state index >= 15 is 0 Å². The van der Waals surface area contributed by atoms with Crippen LogP contribution in [0, 0.1) is 0 Å². The number of aldehydes is 1. The number of nitrogen functional groups attached to an aromatic ring is 1. The first-order valence-corrected chi connectivity index (χ1v) is 11.4. The second kappa shape index (κ2) is 13.3. The number of aliphatic hydroxyl groups is 1. The predicted octanol–water partition coefficient (Wildman–Crippen LogP) is 2.75. The maximum Gasteiger partial charge on any atom is 0.351 e. The second-order valence-electron chi connectivity index (χ2n) is 8.26. The number of unbranched alkanes of at least 4 members (excludes halogenated alkanes) is 9. The van der Waals surface area contributed by atoms with E-state index in [2.05, 4.69) is 4.98 Å². The number of ether oxygens (including phenoxy) is 2. The Kier molecular flexibility index (Phi) is 10.9. The molecule has 1 aromatic rings. The summed E-state index contributed by atoms with van der Waals surface area (Å²) in [5.74, 6) is -4.47. The van der Waals surface area contributed by atoms with Crippen molar-refractivity contribution in [3.63, 3.8) is 0 Å². The van der Waals surface area contributed by atoms with E-state index in [1.165, 1.54) is 0 Å². The molecule has 0 saturated carbocycles. The van der Waals surface area contributed by atoms with Gasteiger partial charge in [-0.05, 0) is 18.9 Å². The maximum absolute atomic E-state index is 14.4. The molecule has 186 valence electrons. The van der Waals surface area contributed by atoms with Gasteiger partial charge in [0.15, 0.2) is 6.10 Å². The van der Waals surface area contributed by atoms with Crippen LogP contribution < -0.4 is 11.4 Å². The summed E-state index contributed by atoms with van der Waals surface area (Å²) in [7, 11) is 0. The minimum Gasteiger partial charge on any atom is -0.463 e. The third kappa shape index (κ3) is 8.15. The lowest BCUT2D eigenvalue weighted by atomic mass is 10.1. The number of esters is 1. The van der Waals surface area contributed by atoms with Crippen molar-refractivity contribution in [2.24, 2.45) is 0 Å². The van der Waals surface area contributed by atoms with Gasteiger partial charge in [-0.1, -0.05) is 44.9 Å². The zero-order valence-electron chi connectivity index (χ0n) is 18.7. The van der Waals surface area contributed by atoms with Crippen LogP contribution in [-0.2, 0) is 19.1 Å². The van der Waals surface area contributed by atoms with Crippen LogP contribution in [0.1, 0.15) is 76.9 Å². The molecule has 3 N–H and O–H groups in total. The van der Waals surface area contributed by atoms with Crippen LogP contribution in [0.15, 0.2) is 17.1 Å². The number of aromatic nitrogens is 2. The van der Waals surface area contributed by atoms with E-state index in [4.69, 9.17) is 15.2 Å². The van der Waals surface area contributed by atoms with Gasteiger partial charge in [-0.3, -0.25) is 9.36 Å². The molecule has 0 aliphatic carbocycles. The average molecular weight is 474 g/mol. The molecule has 9 nitrogen and oxygen atoms in total. The van der Waals surface area contributed by atoms with Crippen molar-refractivity contribution in [3.05, 3.63) is 22.7 Å². The number of alkyl halides is 2. The molecule has 33 heavy (non-hydrogen) atoms. The van der Waals surface area contributed by atoms with Crippen molar-refractivity contribution in [2.75, 3.05) is 12.3 Å². The molecule has 0 amide bonds. The molecule has 2 heterocycles. The molecule has 1 saturated heterocycles. The molecular weight excluding hydrogens is 440 g/mol. The largest absolute Gasteiger partial charge is 0.463 e. The fraction of sp³-hybridized carbons (Fsp3) is 0.727. The van der Waals surface area contributed by atoms with Crippen molar-refractivity contribution in [1.82, 2.24) is 9.55 Å². The molecule has 1 aliphatic heterocycles. The Bertz CT molecular complexity index is 820. The molecule has 0 spiro atoms. The molecule has 1 fully saturated rings. The number of carbonyl (C=O) groups is 2. The van der Waals surface area contributed by atoms with Crippen molar-refractivity contribution in [1.29, 1.82) is 0 Å². The van der Waals surface area contributed by atoms with Gasteiger partial charge >= 0.3 is 17.6 Å². The van der Waals surface area contributed by atoms with Gasteiger partial charge in [0, 0.05) is 19.0 Å². The van der Waals surface area contributed by atoms with Crippen LogP contribution in [0.2, 0.25) is 0 Å². The van der Waals surface area contributed by atoms with Crippen LogP contribution >= 0.6 is 0 Å². The fourth-order valence-electron chi connectivity index (χ4n) is 3.69. The minimum absolute atomic E-state index is 0.130.